The van der Waals surface area contributed by atoms with E-state index >= 15 is 0 Å². The van der Waals surface area contributed by atoms with Crippen LogP contribution in [-0.2, 0) is 6.54 Å². The molecule has 0 saturated heterocycles. The first-order chi connectivity index (χ1) is 7.16. The van der Waals surface area contributed by atoms with Gasteiger partial charge in [0.2, 0.25) is 0 Å². The van der Waals surface area contributed by atoms with Crippen LogP contribution in [-0.4, -0.2) is 14.9 Å². The second kappa shape index (κ2) is 4.02. The van der Waals surface area contributed by atoms with Gasteiger partial charge in [-0.25, -0.2) is 4.39 Å². The molecule has 2 aromatic rings. The maximum absolute atomic E-state index is 13.2. The molecule has 1 aromatic heterocycles. The first-order valence-electron chi connectivity index (χ1n) is 4.31. The molecule has 1 heterocycles. The van der Waals surface area contributed by atoms with E-state index < -0.39 is 0 Å². The number of rotatable bonds is 2. The highest BCUT2D eigenvalue weighted by atomic mass is 79.9. The maximum Gasteiger partial charge on any atom is 0.153 e. The van der Waals surface area contributed by atoms with E-state index in [0.717, 1.165) is 5.56 Å². The fraction of sp³-hybridized carbons (Fsp3) is 0.100. The molecule has 78 valence electrons. The molecule has 0 atom stereocenters. The first-order valence-corrected chi connectivity index (χ1v) is 5.10. The van der Waals surface area contributed by atoms with Crippen LogP contribution in [0.1, 0.15) is 5.56 Å². The van der Waals surface area contributed by atoms with Gasteiger partial charge in [0.15, 0.2) is 5.75 Å². The van der Waals surface area contributed by atoms with E-state index in [0.29, 0.717) is 11.0 Å². The van der Waals surface area contributed by atoms with Crippen molar-refractivity contribution in [3.8, 4) is 5.75 Å². The molecule has 1 aromatic carbocycles. The van der Waals surface area contributed by atoms with Gasteiger partial charge >= 0.3 is 0 Å². The van der Waals surface area contributed by atoms with Crippen LogP contribution in [0.5, 0.6) is 5.75 Å². The smallest absolute Gasteiger partial charge is 0.153 e. The molecule has 5 heteroatoms. The van der Waals surface area contributed by atoms with Gasteiger partial charge in [0.1, 0.15) is 5.82 Å². The summed E-state index contributed by atoms with van der Waals surface area (Å²) in [4.78, 5) is 0. The molecule has 0 fully saturated rings. The van der Waals surface area contributed by atoms with E-state index in [-0.39, 0.29) is 11.6 Å². The Kier molecular flexibility index (Phi) is 2.73. The summed E-state index contributed by atoms with van der Waals surface area (Å²) in [5.41, 5.74) is 0.776. The lowest BCUT2D eigenvalue weighted by molar-refractivity contribution is 0.474. The van der Waals surface area contributed by atoms with Crippen molar-refractivity contribution in [2.45, 2.75) is 6.54 Å². The fourth-order valence-electron chi connectivity index (χ4n) is 1.28. The third kappa shape index (κ3) is 2.18. The van der Waals surface area contributed by atoms with E-state index in [9.17, 15) is 4.39 Å². The van der Waals surface area contributed by atoms with Crippen molar-refractivity contribution in [1.29, 1.82) is 0 Å². The topological polar surface area (TPSA) is 38.1 Å². The van der Waals surface area contributed by atoms with Gasteiger partial charge < -0.3 is 5.11 Å². The number of hydrogen-bond acceptors (Lipinski definition) is 2. The lowest BCUT2D eigenvalue weighted by Gasteiger charge is -2.04. The molecule has 3 nitrogen and oxygen atoms in total. The van der Waals surface area contributed by atoms with Crippen LogP contribution < -0.4 is 0 Å². The quantitative estimate of drug-likeness (QED) is 0.911. The molecule has 0 aliphatic carbocycles. The minimum absolute atomic E-state index is 0.0996. The minimum atomic E-state index is -0.302. The molecular formula is C10H8BrFN2O. The van der Waals surface area contributed by atoms with Crippen LogP contribution in [0, 0.1) is 5.82 Å². The molecule has 0 radical (unpaired) electrons. The van der Waals surface area contributed by atoms with Gasteiger partial charge in [-0.2, -0.15) is 5.10 Å². The number of aromatic hydroxyl groups is 1. The third-order valence-electron chi connectivity index (χ3n) is 1.98. The van der Waals surface area contributed by atoms with Gasteiger partial charge in [0, 0.05) is 0 Å². The predicted octanol–water partition coefficient (Wildman–Crippen LogP) is 2.54. The lowest BCUT2D eigenvalue weighted by atomic mass is 10.2. The lowest BCUT2D eigenvalue weighted by Crippen LogP contribution is -2.01. The van der Waals surface area contributed by atoms with Crippen LogP contribution in [0.2, 0.25) is 0 Å². The Labute approximate surface area is 94.3 Å². The SMILES string of the molecule is Oc1cnn(Cc2cccc(F)c2Br)c1. The van der Waals surface area contributed by atoms with E-state index in [1.807, 2.05) is 0 Å². The molecule has 0 aliphatic heterocycles. The first kappa shape index (κ1) is 10.2. The number of benzene rings is 1. The number of aromatic nitrogens is 2. The number of nitrogens with zero attached hydrogens (tertiary/aromatic N) is 2. The standard InChI is InChI=1S/C10H8BrFN2O/c11-10-7(2-1-3-9(10)12)5-14-6-8(15)4-13-14/h1-4,6,15H,5H2. The molecule has 0 saturated carbocycles. The summed E-state index contributed by atoms with van der Waals surface area (Å²) in [6, 6.07) is 4.82. The minimum Gasteiger partial charge on any atom is -0.505 e. The summed E-state index contributed by atoms with van der Waals surface area (Å²) >= 11 is 3.17. The van der Waals surface area contributed by atoms with Crippen LogP contribution in [0.15, 0.2) is 35.1 Å². The van der Waals surface area contributed by atoms with Crippen molar-refractivity contribution in [2.75, 3.05) is 0 Å². The Morgan fingerprint density at radius 1 is 1.47 bits per heavy atom. The molecule has 0 spiro atoms. The molecule has 1 N–H and O–H groups in total. The molecular weight excluding hydrogens is 263 g/mol. The van der Waals surface area contributed by atoms with Crippen molar-refractivity contribution in [3.63, 3.8) is 0 Å². The predicted molar refractivity (Wildman–Crippen MR) is 57.1 cm³/mol. The molecule has 0 aliphatic rings. The van der Waals surface area contributed by atoms with Crippen molar-refractivity contribution >= 4 is 15.9 Å². The zero-order chi connectivity index (χ0) is 10.8. The van der Waals surface area contributed by atoms with Crippen LogP contribution in [0.3, 0.4) is 0 Å². The van der Waals surface area contributed by atoms with Crippen LogP contribution in [0.25, 0.3) is 0 Å². The fourth-order valence-corrected chi connectivity index (χ4v) is 1.67. The molecule has 0 unspecified atom stereocenters. The van der Waals surface area contributed by atoms with Gasteiger partial charge in [-0.3, -0.25) is 4.68 Å². The summed E-state index contributed by atoms with van der Waals surface area (Å²) < 4.78 is 15.1. The zero-order valence-electron chi connectivity index (χ0n) is 7.69. The Hall–Kier alpha value is -1.36. The Balaban J connectivity index is 2.28. The van der Waals surface area contributed by atoms with Crippen LogP contribution >= 0.6 is 15.9 Å². The van der Waals surface area contributed by atoms with Crippen molar-refractivity contribution < 1.29 is 9.50 Å². The maximum atomic E-state index is 13.2. The van der Waals surface area contributed by atoms with Gasteiger partial charge in [-0.05, 0) is 27.6 Å². The van der Waals surface area contributed by atoms with E-state index in [4.69, 9.17) is 5.11 Å². The van der Waals surface area contributed by atoms with Gasteiger partial charge in [-0.15, -0.1) is 0 Å². The Bertz CT molecular complexity index is 484. The summed E-state index contributed by atoms with van der Waals surface area (Å²) in [5.74, 6) is -0.202. The average Bonchev–Trinajstić information content (AvgIpc) is 2.59. The van der Waals surface area contributed by atoms with Gasteiger partial charge in [0.05, 0.1) is 23.4 Å². The molecule has 0 bridgehead atoms. The summed E-state index contributed by atoms with van der Waals surface area (Å²) in [6.45, 7) is 0.416. The molecule has 15 heavy (non-hydrogen) atoms. The largest absolute Gasteiger partial charge is 0.505 e. The summed E-state index contributed by atoms with van der Waals surface area (Å²) in [7, 11) is 0. The van der Waals surface area contributed by atoms with E-state index in [1.165, 1.54) is 23.1 Å². The zero-order valence-corrected chi connectivity index (χ0v) is 9.28. The van der Waals surface area contributed by atoms with Crippen LogP contribution in [0.4, 0.5) is 4.39 Å². The van der Waals surface area contributed by atoms with Crippen molar-refractivity contribution in [2.24, 2.45) is 0 Å². The normalized spacial score (nSPS) is 10.5. The monoisotopic (exact) mass is 270 g/mol. The number of hydrogen-bond donors (Lipinski definition) is 1. The van der Waals surface area contributed by atoms with E-state index in [1.54, 1.807) is 12.1 Å². The highest BCUT2D eigenvalue weighted by molar-refractivity contribution is 9.10. The second-order valence-corrected chi connectivity index (χ2v) is 3.90. The Morgan fingerprint density at radius 2 is 2.27 bits per heavy atom. The second-order valence-electron chi connectivity index (χ2n) is 3.11. The Morgan fingerprint density at radius 3 is 2.93 bits per heavy atom. The van der Waals surface area contributed by atoms with E-state index in [2.05, 4.69) is 21.0 Å². The average molecular weight is 271 g/mol. The van der Waals surface area contributed by atoms with Crippen molar-refractivity contribution in [1.82, 2.24) is 9.78 Å². The third-order valence-corrected chi connectivity index (χ3v) is 2.87. The van der Waals surface area contributed by atoms with Gasteiger partial charge in [0.25, 0.3) is 0 Å². The van der Waals surface area contributed by atoms with Crippen molar-refractivity contribution in [3.05, 3.63) is 46.4 Å². The highest BCUT2D eigenvalue weighted by Gasteiger charge is 2.06. The molecule has 0 amide bonds. The van der Waals surface area contributed by atoms with Gasteiger partial charge in [-0.1, -0.05) is 12.1 Å². The number of halogens is 2. The summed E-state index contributed by atoms with van der Waals surface area (Å²) in [6.07, 6.45) is 2.82. The summed E-state index contributed by atoms with van der Waals surface area (Å²) in [5, 5.41) is 13.0. The highest BCUT2D eigenvalue weighted by Crippen LogP contribution is 2.21. The molecule has 2 rings (SSSR count).